The summed E-state index contributed by atoms with van der Waals surface area (Å²) in [5.41, 5.74) is 14.3. The lowest BCUT2D eigenvalue weighted by molar-refractivity contribution is 0.282. The minimum Gasteiger partial charge on any atom is -0.497 e. The van der Waals surface area contributed by atoms with Gasteiger partial charge in [0.1, 0.15) is 5.75 Å². The number of aliphatic hydroxyl groups is 1. The van der Waals surface area contributed by atoms with Crippen molar-refractivity contribution in [1.82, 2.24) is 0 Å². The number of anilines is 2. The van der Waals surface area contributed by atoms with Gasteiger partial charge < -0.3 is 14.7 Å². The largest absolute Gasteiger partial charge is 0.497 e. The van der Waals surface area contributed by atoms with Gasteiger partial charge in [-0.05, 0) is 151 Å². The van der Waals surface area contributed by atoms with Gasteiger partial charge in [-0.15, -0.1) is 0 Å². The summed E-state index contributed by atoms with van der Waals surface area (Å²) in [4.78, 5) is 2.63. The number of hydrogen-bond acceptors (Lipinski definition) is 3. The maximum atomic E-state index is 9.68. The number of fused-ring (bicyclic) bond motifs is 5. The molecule has 3 nitrogen and oxygen atoms in total. The van der Waals surface area contributed by atoms with E-state index in [4.69, 9.17) is 4.74 Å². The zero-order chi connectivity index (χ0) is 39.7. The summed E-state index contributed by atoms with van der Waals surface area (Å²) in [7, 11) is 1.70. The van der Waals surface area contributed by atoms with Crippen molar-refractivity contribution in [3.8, 4) is 5.75 Å². The molecule has 8 aromatic rings. The highest BCUT2D eigenvalue weighted by Gasteiger charge is 2.40. The van der Waals surface area contributed by atoms with Crippen LogP contribution in [0.3, 0.4) is 0 Å². The Bertz CT molecular complexity index is 2720. The van der Waals surface area contributed by atoms with Crippen molar-refractivity contribution in [2.45, 2.75) is 44.2 Å². The molecule has 10 rings (SSSR count). The first-order valence-corrected chi connectivity index (χ1v) is 20.9. The molecule has 288 valence electrons. The Balaban J connectivity index is 1.02. The Kier molecular flexibility index (Phi) is 9.89. The summed E-state index contributed by atoms with van der Waals surface area (Å²) in [6.07, 6.45) is 9.61. The van der Waals surface area contributed by atoms with Gasteiger partial charge in [0, 0.05) is 23.3 Å². The van der Waals surface area contributed by atoms with Crippen molar-refractivity contribution in [2.24, 2.45) is 0 Å². The Morgan fingerprint density at radius 1 is 0.559 bits per heavy atom. The normalized spacial score (nSPS) is 16.2. The Morgan fingerprint density at radius 2 is 1.10 bits per heavy atom. The monoisotopic (exact) mass is 765 g/mol. The molecule has 1 aliphatic heterocycles. The van der Waals surface area contributed by atoms with Gasteiger partial charge in [-0.3, -0.25) is 0 Å². The topological polar surface area (TPSA) is 32.7 Å². The summed E-state index contributed by atoms with van der Waals surface area (Å²) >= 11 is 0. The second kappa shape index (κ2) is 15.9. The zero-order valence-corrected chi connectivity index (χ0v) is 33.4. The average Bonchev–Trinajstić information content (AvgIpc) is 3.63. The molecule has 1 aliphatic carbocycles. The summed E-state index contributed by atoms with van der Waals surface area (Å²) in [5.74, 6) is 1.33. The molecule has 2 unspecified atom stereocenters. The molecule has 3 heteroatoms. The van der Waals surface area contributed by atoms with Crippen LogP contribution in [0.5, 0.6) is 5.75 Å². The Hall–Kier alpha value is -6.68. The maximum Gasteiger partial charge on any atom is 0.118 e. The molecule has 0 aromatic heterocycles. The SMILES string of the molecule is COc1ccc(C(=Cc2ccc(N3c4ccc(C=C(c5ccc6ccccc6c5)c5ccc6ccccc6c5)cc4C4CCCCC43)cc2)c2ccc(CO)cc2)cc1. The molecule has 0 bridgehead atoms. The van der Waals surface area contributed by atoms with Crippen LogP contribution in [-0.2, 0) is 6.61 Å². The van der Waals surface area contributed by atoms with Crippen molar-refractivity contribution < 1.29 is 9.84 Å². The molecule has 2 aliphatic rings. The van der Waals surface area contributed by atoms with Crippen LogP contribution in [0.1, 0.15) is 76.1 Å². The minimum absolute atomic E-state index is 0.0283. The second-order valence-corrected chi connectivity index (χ2v) is 16.1. The van der Waals surface area contributed by atoms with Gasteiger partial charge >= 0.3 is 0 Å². The van der Waals surface area contributed by atoms with Crippen molar-refractivity contribution in [1.29, 1.82) is 0 Å². The third-order valence-corrected chi connectivity index (χ3v) is 12.5. The summed E-state index contributed by atoms with van der Waals surface area (Å²) in [5, 5.41) is 14.7. The average molecular weight is 766 g/mol. The number of rotatable bonds is 9. The molecule has 59 heavy (non-hydrogen) atoms. The van der Waals surface area contributed by atoms with Crippen LogP contribution >= 0.6 is 0 Å². The van der Waals surface area contributed by atoms with E-state index in [2.05, 4.69) is 169 Å². The highest BCUT2D eigenvalue weighted by molar-refractivity contribution is 5.98. The van der Waals surface area contributed by atoms with E-state index in [9.17, 15) is 5.11 Å². The molecule has 8 aromatic carbocycles. The van der Waals surface area contributed by atoms with E-state index in [1.165, 1.54) is 86.4 Å². The van der Waals surface area contributed by atoms with E-state index < -0.39 is 0 Å². The first-order chi connectivity index (χ1) is 29.1. The van der Waals surface area contributed by atoms with Gasteiger partial charge in [-0.25, -0.2) is 0 Å². The van der Waals surface area contributed by atoms with Crippen LogP contribution in [0.2, 0.25) is 0 Å². The molecule has 1 saturated carbocycles. The Morgan fingerprint density at radius 3 is 1.73 bits per heavy atom. The quantitative estimate of drug-likeness (QED) is 0.149. The number of benzene rings is 8. The summed E-state index contributed by atoms with van der Waals surface area (Å²) in [6, 6.07) is 64.2. The van der Waals surface area contributed by atoms with Crippen molar-refractivity contribution in [3.63, 3.8) is 0 Å². The molecule has 0 amide bonds. The van der Waals surface area contributed by atoms with Gasteiger partial charge in [0.05, 0.1) is 13.7 Å². The van der Waals surface area contributed by atoms with Crippen LogP contribution < -0.4 is 9.64 Å². The van der Waals surface area contributed by atoms with Crippen molar-refractivity contribution >= 4 is 56.2 Å². The van der Waals surface area contributed by atoms with Crippen LogP contribution in [0.15, 0.2) is 176 Å². The summed E-state index contributed by atoms with van der Waals surface area (Å²) in [6.45, 7) is 0.0283. The second-order valence-electron chi connectivity index (χ2n) is 16.1. The number of nitrogens with zero attached hydrogens (tertiary/aromatic N) is 1. The molecule has 2 atom stereocenters. The first kappa shape index (κ1) is 36.6. The number of methoxy groups -OCH3 is 1. The first-order valence-electron chi connectivity index (χ1n) is 20.9. The Labute approximate surface area is 347 Å². The van der Waals surface area contributed by atoms with Gasteiger partial charge in [0.15, 0.2) is 0 Å². The minimum atomic E-state index is 0.0283. The molecule has 0 spiro atoms. The highest BCUT2D eigenvalue weighted by atomic mass is 16.5. The molecule has 0 saturated heterocycles. The highest BCUT2D eigenvalue weighted by Crippen LogP contribution is 2.51. The molecule has 1 N–H and O–H groups in total. The van der Waals surface area contributed by atoms with Crippen LogP contribution in [-0.4, -0.2) is 18.3 Å². The fourth-order valence-electron chi connectivity index (χ4n) is 9.48. The predicted molar refractivity (Wildman–Crippen MR) is 247 cm³/mol. The standard InChI is InChI=1S/C56H47NO2/c1-59-50-29-25-44(26-30-50)52(43-19-14-39(37-58)15-20-43)32-38-16-27-49(28-17-38)57-55-13-7-6-12-51(55)54-34-40(18-31-56(54)57)33-53(47-23-21-41-8-2-4-10-45(41)35-47)48-24-22-42-9-3-5-11-46(42)36-48/h2-5,8-11,14-36,51,55,58H,6-7,12-13,37H2,1H3. The smallest absolute Gasteiger partial charge is 0.118 e. The number of aliphatic hydroxyl groups excluding tert-OH is 1. The van der Waals surface area contributed by atoms with Crippen molar-refractivity contribution in [2.75, 3.05) is 12.0 Å². The van der Waals surface area contributed by atoms with E-state index in [1.54, 1.807) is 7.11 Å². The van der Waals surface area contributed by atoms with E-state index in [0.29, 0.717) is 12.0 Å². The lowest BCUT2D eigenvalue weighted by Crippen LogP contribution is -2.32. The fourth-order valence-corrected chi connectivity index (χ4v) is 9.48. The summed E-state index contributed by atoms with van der Waals surface area (Å²) < 4.78 is 5.46. The maximum absolute atomic E-state index is 9.68. The van der Waals surface area contributed by atoms with E-state index in [1.807, 2.05) is 24.3 Å². The molecule has 1 fully saturated rings. The van der Waals surface area contributed by atoms with Gasteiger partial charge in [0.25, 0.3) is 0 Å². The predicted octanol–water partition coefficient (Wildman–Crippen LogP) is 13.8. The third-order valence-electron chi connectivity index (χ3n) is 12.5. The fraction of sp³-hybridized carbons (Fsp3) is 0.143. The molecule has 0 radical (unpaired) electrons. The number of ether oxygens (including phenoxy) is 1. The molecular formula is C56H47NO2. The van der Waals surface area contributed by atoms with E-state index >= 15 is 0 Å². The molecule has 1 heterocycles. The van der Waals surface area contributed by atoms with E-state index in [0.717, 1.165) is 33.6 Å². The van der Waals surface area contributed by atoms with Crippen LogP contribution in [0.4, 0.5) is 11.4 Å². The lowest BCUT2D eigenvalue weighted by atomic mass is 9.82. The van der Waals surface area contributed by atoms with E-state index in [-0.39, 0.29) is 6.61 Å². The van der Waals surface area contributed by atoms with Crippen LogP contribution in [0.25, 0.3) is 44.8 Å². The van der Waals surface area contributed by atoms with Gasteiger partial charge in [-0.1, -0.05) is 140 Å². The van der Waals surface area contributed by atoms with Crippen LogP contribution in [0, 0.1) is 0 Å². The molecular weight excluding hydrogens is 719 g/mol. The lowest BCUT2D eigenvalue weighted by Gasteiger charge is -2.33. The zero-order valence-electron chi connectivity index (χ0n) is 33.4. The van der Waals surface area contributed by atoms with Crippen molar-refractivity contribution in [3.05, 3.63) is 220 Å². The van der Waals surface area contributed by atoms with Gasteiger partial charge in [0.2, 0.25) is 0 Å². The van der Waals surface area contributed by atoms with Gasteiger partial charge in [-0.2, -0.15) is 0 Å². The number of hydrogen-bond donors (Lipinski definition) is 1. The third kappa shape index (κ3) is 7.24.